The van der Waals surface area contributed by atoms with Gasteiger partial charge in [0, 0.05) is 38.3 Å². The second kappa shape index (κ2) is 6.07. The van der Waals surface area contributed by atoms with E-state index in [1.54, 1.807) is 0 Å². The molecule has 2 bridgehead atoms. The van der Waals surface area contributed by atoms with Crippen molar-refractivity contribution in [3.8, 4) is 0 Å². The molecule has 3 nitrogen and oxygen atoms in total. The quantitative estimate of drug-likeness (QED) is 0.912. The maximum Gasteiger partial charge on any atom is 0.0234 e. The minimum atomic E-state index is 0.708. The van der Waals surface area contributed by atoms with Crippen LogP contribution in [-0.4, -0.2) is 54.6 Å². The third-order valence-electron chi connectivity index (χ3n) is 5.63. The van der Waals surface area contributed by atoms with Crippen molar-refractivity contribution in [3.63, 3.8) is 0 Å². The number of hydrogen-bond donors (Lipinski definition) is 1. The first-order chi connectivity index (χ1) is 10.4. The molecule has 0 aliphatic carbocycles. The molecule has 1 N–H and O–H groups in total. The molecular formula is C18H27N3. The Bertz CT molecular complexity index is 453. The van der Waals surface area contributed by atoms with E-state index in [4.69, 9.17) is 0 Å². The monoisotopic (exact) mass is 285 g/mol. The molecule has 0 aromatic heterocycles. The van der Waals surface area contributed by atoms with Gasteiger partial charge in [-0.15, -0.1) is 0 Å². The van der Waals surface area contributed by atoms with Crippen LogP contribution in [0.5, 0.6) is 0 Å². The van der Waals surface area contributed by atoms with Crippen LogP contribution < -0.4 is 5.32 Å². The number of fused-ring (bicyclic) bond motifs is 3. The highest BCUT2D eigenvalue weighted by molar-refractivity contribution is 5.14. The summed E-state index contributed by atoms with van der Waals surface area (Å²) in [6.07, 6.45) is 4.15. The van der Waals surface area contributed by atoms with Crippen LogP contribution in [0, 0.1) is 5.92 Å². The van der Waals surface area contributed by atoms with Crippen molar-refractivity contribution in [2.45, 2.75) is 37.9 Å². The summed E-state index contributed by atoms with van der Waals surface area (Å²) >= 11 is 0. The Morgan fingerprint density at radius 1 is 0.952 bits per heavy atom. The lowest BCUT2D eigenvalue weighted by Gasteiger charge is -2.46. The summed E-state index contributed by atoms with van der Waals surface area (Å²) in [6.45, 7) is 7.55. The van der Waals surface area contributed by atoms with E-state index in [1.165, 1.54) is 57.5 Å². The Labute approximate surface area is 128 Å². The molecule has 0 radical (unpaired) electrons. The van der Waals surface area contributed by atoms with Gasteiger partial charge in [-0.05, 0) is 43.8 Å². The number of benzene rings is 1. The van der Waals surface area contributed by atoms with Crippen molar-refractivity contribution in [3.05, 3.63) is 35.9 Å². The van der Waals surface area contributed by atoms with Gasteiger partial charge in [0.05, 0.1) is 0 Å². The van der Waals surface area contributed by atoms with Crippen LogP contribution in [0.25, 0.3) is 0 Å². The molecule has 0 amide bonds. The summed E-state index contributed by atoms with van der Waals surface area (Å²) < 4.78 is 0. The van der Waals surface area contributed by atoms with E-state index >= 15 is 0 Å². The van der Waals surface area contributed by atoms with E-state index in [-0.39, 0.29) is 0 Å². The first-order valence-corrected chi connectivity index (χ1v) is 8.61. The van der Waals surface area contributed by atoms with Crippen LogP contribution in [-0.2, 0) is 6.54 Å². The van der Waals surface area contributed by atoms with Gasteiger partial charge in [-0.3, -0.25) is 4.90 Å². The molecule has 3 heteroatoms. The fraction of sp³-hybridized carbons (Fsp3) is 0.667. The van der Waals surface area contributed by atoms with Gasteiger partial charge < -0.3 is 10.2 Å². The number of rotatable bonds is 4. The molecule has 2 atom stereocenters. The maximum absolute atomic E-state index is 3.98. The summed E-state index contributed by atoms with van der Waals surface area (Å²) in [5.74, 6) is 0.943. The third-order valence-corrected chi connectivity index (χ3v) is 5.63. The maximum atomic E-state index is 3.98. The molecule has 114 valence electrons. The van der Waals surface area contributed by atoms with Gasteiger partial charge in [0.1, 0.15) is 0 Å². The van der Waals surface area contributed by atoms with E-state index in [0.29, 0.717) is 6.04 Å². The zero-order valence-electron chi connectivity index (χ0n) is 12.9. The number of likely N-dealkylation sites (tertiary alicyclic amines) is 1. The Morgan fingerprint density at radius 3 is 2.48 bits per heavy atom. The van der Waals surface area contributed by atoms with E-state index < -0.39 is 0 Å². The van der Waals surface area contributed by atoms with E-state index in [9.17, 15) is 0 Å². The standard InChI is InChI=1S/C18H27N3/c1-2-4-15(5-3-1)12-21-11-8-17(13-21)19-18-14-20-9-6-16(18)7-10-20/h1-5,16-19H,6-14H2. The van der Waals surface area contributed by atoms with Crippen LogP contribution in [0.4, 0.5) is 0 Å². The predicted molar refractivity (Wildman–Crippen MR) is 86.2 cm³/mol. The van der Waals surface area contributed by atoms with Gasteiger partial charge in [-0.1, -0.05) is 30.3 Å². The molecule has 1 aromatic rings. The van der Waals surface area contributed by atoms with Gasteiger partial charge in [-0.25, -0.2) is 0 Å². The lowest BCUT2D eigenvalue weighted by Crippen LogP contribution is -2.58. The van der Waals surface area contributed by atoms with Crippen molar-refractivity contribution in [2.24, 2.45) is 5.92 Å². The van der Waals surface area contributed by atoms with Crippen LogP contribution in [0.1, 0.15) is 24.8 Å². The van der Waals surface area contributed by atoms with Gasteiger partial charge in [0.25, 0.3) is 0 Å². The number of hydrogen-bond acceptors (Lipinski definition) is 3. The third kappa shape index (κ3) is 3.15. The zero-order chi connectivity index (χ0) is 14.1. The van der Waals surface area contributed by atoms with Crippen molar-refractivity contribution in [1.82, 2.24) is 15.1 Å². The summed E-state index contributed by atoms with van der Waals surface area (Å²) in [7, 11) is 0. The molecule has 1 aromatic carbocycles. The van der Waals surface area contributed by atoms with Gasteiger partial charge >= 0.3 is 0 Å². The van der Waals surface area contributed by atoms with Crippen molar-refractivity contribution < 1.29 is 0 Å². The average molecular weight is 285 g/mol. The van der Waals surface area contributed by atoms with E-state index in [2.05, 4.69) is 45.4 Å². The summed E-state index contributed by atoms with van der Waals surface area (Å²) in [6, 6.07) is 12.4. The van der Waals surface area contributed by atoms with Crippen molar-refractivity contribution in [2.75, 3.05) is 32.7 Å². The van der Waals surface area contributed by atoms with Crippen molar-refractivity contribution >= 4 is 0 Å². The molecule has 21 heavy (non-hydrogen) atoms. The van der Waals surface area contributed by atoms with Gasteiger partial charge in [0.2, 0.25) is 0 Å². The van der Waals surface area contributed by atoms with Crippen LogP contribution in [0.15, 0.2) is 30.3 Å². The summed E-state index contributed by atoms with van der Waals surface area (Å²) in [5.41, 5.74) is 1.45. The lowest BCUT2D eigenvalue weighted by molar-refractivity contribution is 0.0673. The number of nitrogens with zero attached hydrogens (tertiary/aromatic N) is 2. The molecule has 4 heterocycles. The summed E-state index contributed by atoms with van der Waals surface area (Å²) in [4.78, 5) is 5.25. The molecule has 0 saturated carbocycles. The highest BCUT2D eigenvalue weighted by Crippen LogP contribution is 2.28. The molecule has 4 aliphatic rings. The van der Waals surface area contributed by atoms with Gasteiger partial charge in [0.15, 0.2) is 0 Å². The second-order valence-corrected chi connectivity index (χ2v) is 7.12. The first kappa shape index (κ1) is 13.7. The summed E-state index contributed by atoms with van der Waals surface area (Å²) in [5, 5.41) is 3.98. The van der Waals surface area contributed by atoms with Crippen LogP contribution in [0.3, 0.4) is 0 Å². The highest BCUT2D eigenvalue weighted by atomic mass is 15.2. The first-order valence-electron chi connectivity index (χ1n) is 8.61. The second-order valence-electron chi connectivity index (χ2n) is 7.12. The number of nitrogens with one attached hydrogen (secondary N) is 1. The van der Waals surface area contributed by atoms with E-state index in [1.807, 2.05) is 0 Å². The highest BCUT2D eigenvalue weighted by Gasteiger charge is 2.36. The van der Waals surface area contributed by atoms with Crippen molar-refractivity contribution in [1.29, 1.82) is 0 Å². The topological polar surface area (TPSA) is 18.5 Å². The predicted octanol–water partition coefficient (Wildman–Crippen LogP) is 1.94. The normalized spacial score (nSPS) is 36.2. The smallest absolute Gasteiger partial charge is 0.0234 e. The molecule has 4 aliphatic heterocycles. The minimum absolute atomic E-state index is 0.708. The molecule has 4 fully saturated rings. The van der Waals surface area contributed by atoms with E-state index in [0.717, 1.165) is 18.5 Å². The molecule has 5 rings (SSSR count). The molecule has 0 spiro atoms. The SMILES string of the molecule is c1ccc(CN2CCC(NC3CN4CCC3CC4)C2)cc1. The van der Waals surface area contributed by atoms with Crippen LogP contribution in [0.2, 0.25) is 0 Å². The Kier molecular flexibility index (Phi) is 3.97. The minimum Gasteiger partial charge on any atom is -0.308 e. The molecular weight excluding hydrogens is 258 g/mol. The number of piperidine rings is 3. The van der Waals surface area contributed by atoms with Crippen LogP contribution >= 0.6 is 0 Å². The average Bonchev–Trinajstić information content (AvgIpc) is 2.96. The molecule has 2 unspecified atom stereocenters. The fourth-order valence-corrected chi connectivity index (χ4v) is 4.41. The fourth-order valence-electron chi connectivity index (χ4n) is 4.41. The Balaban J connectivity index is 1.28. The Morgan fingerprint density at radius 2 is 1.76 bits per heavy atom. The van der Waals surface area contributed by atoms with Gasteiger partial charge in [-0.2, -0.15) is 0 Å². The largest absolute Gasteiger partial charge is 0.308 e. The Hall–Kier alpha value is -0.900. The molecule has 4 saturated heterocycles. The zero-order valence-corrected chi connectivity index (χ0v) is 12.9. The lowest BCUT2D eigenvalue weighted by atomic mass is 9.83.